The van der Waals surface area contributed by atoms with Gasteiger partial charge in [-0.15, -0.1) is 0 Å². The van der Waals surface area contributed by atoms with E-state index in [0.29, 0.717) is 18.7 Å². The van der Waals surface area contributed by atoms with Gasteiger partial charge in [0.25, 0.3) is 0 Å². The third kappa shape index (κ3) is 4.63. The number of carbonyl (C=O) groups excluding carboxylic acids is 2. The van der Waals surface area contributed by atoms with Gasteiger partial charge in [-0.25, -0.2) is 13.2 Å². The molecule has 0 spiro atoms. The summed E-state index contributed by atoms with van der Waals surface area (Å²) in [6.07, 6.45) is 2.60. The number of sulfonamides is 1. The van der Waals surface area contributed by atoms with Crippen LogP contribution in [0.4, 0.5) is 0 Å². The molecule has 1 fully saturated rings. The van der Waals surface area contributed by atoms with Crippen molar-refractivity contribution < 1.29 is 22.7 Å². The van der Waals surface area contributed by atoms with E-state index < -0.39 is 22.6 Å². The van der Waals surface area contributed by atoms with E-state index in [2.05, 4.69) is 0 Å². The van der Waals surface area contributed by atoms with Crippen molar-refractivity contribution in [1.29, 1.82) is 0 Å². The molecule has 2 aromatic rings. The number of carbonyl (C=O) groups is 2. The van der Waals surface area contributed by atoms with Crippen LogP contribution >= 0.6 is 0 Å². The number of benzene rings is 2. The minimum Gasteiger partial charge on any atom is -0.454 e. The Hall–Kier alpha value is -2.51. The van der Waals surface area contributed by atoms with Gasteiger partial charge >= 0.3 is 5.97 Å². The summed E-state index contributed by atoms with van der Waals surface area (Å²) in [5, 5.41) is 0. The largest absolute Gasteiger partial charge is 0.454 e. The molecule has 0 aromatic heterocycles. The first-order valence-electron chi connectivity index (χ1n) is 10.1. The lowest BCUT2D eigenvalue weighted by Gasteiger charge is -2.26. The molecule has 160 valence electrons. The van der Waals surface area contributed by atoms with Crippen molar-refractivity contribution in [3.8, 4) is 0 Å². The second kappa shape index (κ2) is 9.10. The summed E-state index contributed by atoms with van der Waals surface area (Å²) in [4.78, 5) is 25.3. The summed E-state index contributed by atoms with van der Waals surface area (Å²) in [7, 11) is -3.80. The summed E-state index contributed by atoms with van der Waals surface area (Å²) in [5.74, 6) is -1.13. The Balaban J connectivity index is 1.79. The number of hydrogen-bond donors (Lipinski definition) is 0. The third-order valence-corrected chi connectivity index (χ3v) is 7.29. The maximum atomic E-state index is 13.0. The van der Waals surface area contributed by atoms with Crippen LogP contribution in [0, 0.1) is 20.8 Å². The highest BCUT2D eigenvalue weighted by atomic mass is 32.2. The molecule has 0 saturated carbocycles. The highest BCUT2D eigenvalue weighted by Gasteiger charge is 2.30. The Labute approximate surface area is 177 Å². The molecule has 30 heavy (non-hydrogen) atoms. The topological polar surface area (TPSA) is 80.8 Å². The molecule has 7 heteroatoms. The normalized spacial score (nSPS) is 15.0. The van der Waals surface area contributed by atoms with Crippen LogP contribution in [-0.4, -0.2) is 44.2 Å². The monoisotopic (exact) mass is 429 g/mol. The number of hydrogen-bond acceptors (Lipinski definition) is 5. The molecule has 1 saturated heterocycles. The van der Waals surface area contributed by atoms with Gasteiger partial charge in [0.05, 0.1) is 10.5 Å². The number of aryl methyl sites for hydroxylation is 3. The Bertz CT molecular complexity index is 1050. The van der Waals surface area contributed by atoms with Crippen LogP contribution in [0.1, 0.15) is 56.7 Å². The SMILES string of the molecule is Cc1cc(C)c(C(=O)COC(=O)c2ccccc2S(=O)(=O)N2CCCCC2)c(C)c1. The fraction of sp³-hybridized carbons (Fsp3) is 0.391. The third-order valence-electron chi connectivity index (χ3n) is 5.33. The summed E-state index contributed by atoms with van der Waals surface area (Å²) >= 11 is 0. The average molecular weight is 430 g/mol. The van der Waals surface area contributed by atoms with Crippen molar-refractivity contribution in [2.75, 3.05) is 19.7 Å². The number of ether oxygens (including phenoxy) is 1. The van der Waals surface area contributed by atoms with Crippen LogP contribution in [0.5, 0.6) is 0 Å². The summed E-state index contributed by atoms with van der Waals surface area (Å²) in [6, 6.07) is 9.81. The molecule has 0 N–H and O–H groups in total. The zero-order valence-electron chi connectivity index (χ0n) is 17.6. The number of rotatable bonds is 6. The molecule has 0 radical (unpaired) electrons. The first-order valence-corrected chi connectivity index (χ1v) is 11.5. The van der Waals surface area contributed by atoms with E-state index in [-0.39, 0.29) is 16.2 Å². The molecule has 0 unspecified atom stereocenters. The fourth-order valence-corrected chi connectivity index (χ4v) is 5.70. The Kier molecular flexibility index (Phi) is 6.73. The molecule has 1 aliphatic heterocycles. The second-order valence-electron chi connectivity index (χ2n) is 7.73. The minimum absolute atomic E-state index is 0.0479. The minimum atomic E-state index is -3.80. The number of Topliss-reactive ketones (excluding diaryl/α,β-unsaturated/α-hetero) is 1. The van der Waals surface area contributed by atoms with Crippen LogP contribution in [0.25, 0.3) is 0 Å². The number of ketones is 1. The van der Waals surface area contributed by atoms with Crippen molar-refractivity contribution in [2.24, 2.45) is 0 Å². The average Bonchev–Trinajstić information content (AvgIpc) is 2.72. The second-order valence-corrected chi connectivity index (χ2v) is 9.64. The van der Waals surface area contributed by atoms with Crippen molar-refractivity contribution in [3.05, 3.63) is 64.2 Å². The maximum absolute atomic E-state index is 13.0. The number of esters is 1. The van der Waals surface area contributed by atoms with Gasteiger partial charge in [-0.1, -0.05) is 36.2 Å². The molecule has 0 aliphatic carbocycles. The van der Waals surface area contributed by atoms with Gasteiger partial charge in [-0.05, 0) is 56.9 Å². The van der Waals surface area contributed by atoms with Crippen LogP contribution in [0.2, 0.25) is 0 Å². The van der Waals surface area contributed by atoms with Crippen molar-refractivity contribution in [3.63, 3.8) is 0 Å². The first kappa shape index (κ1) is 22.2. The maximum Gasteiger partial charge on any atom is 0.339 e. The van der Waals surface area contributed by atoms with E-state index in [1.54, 1.807) is 12.1 Å². The van der Waals surface area contributed by atoms with E-state index >= 15 is 0 Å². The highest BCUT2D eigenvalue weighted by molar-refractivity contribution is 7.89. The molecule has 0 bridgehead atoms. The quantitative estimate of drug-likeness (QED) is 0.515. The van der Waals surface area contributed by atoms with Crippen LogP contribution in [0.15, 0.2) is 41.3 Å². The van der Waals surface area contributed by atoms with Gasteiger partial charge in [-0.3, -0.25) is 4.79 Å². The first-order chi connectivity index (χ1) is 14.2. The highest BCUT2D eigenvalue weighted by Crippen LogP contribution is 2.24. The lowest BCUT2D eigenvalue weighted by Crippen LogP contribution is -2.36. The van der Waals surface area contributed by atoms with Crippen LogP contribution < -0.4 is 0 Å². The van der Waals surface area contributed by atoms with E-state index in [9.17, 15) is 18.0 Å². The van der Waals surface area contributed by atoms with Crippen LogP contribution in [0.3, 0.4) is 0 Å². The molecular weight excluding hydrogens is 402 g/mol. The lowest BCUT2D eigenvalue weighted by molar-refractivity contribution is 0.0470. The predicted octanol–water partition coefficient (Wildman–Crippen LogP) is 3.83. The molecule has 1 aliphatic rings. The van der Waals surface area contributed by atoms with Crippen molar-refractivity contribution in [2.45, 2.75) is 44.9 Å². The molecule has 0 atom stereocenters. The van der Waals surface area contributed by atoms with E-state index in [0.717, 1.165) is 36.0 Å². The van der Waals surface area contributed by atoms with Gasteiger partial charge in [0.2, 0.25) is 15.8 Å². The fourth-order valence-electron chi connectivity index (χ4n) is 4.01. The van der Waals surface area contributed by atoms with Crippen molar-refractivity contribution >= 4 is 21.8 Å². The van der Waals surface area contributed by atoms with Gasteiger partial charge in [0.1, 0.15) is 0 Å². The van der Waals surface area contributed by atoms with E-state index in [1.807, 2.05) is 32.9 Å². The van der Waals surface area contributed by atoms with E-state index in [1.165, 1.54) is 16.4 Å². The van der Waals surface area contributed by atoms with E-state index in [4.69, 9.17) is 4.74 Å². The molecule has 6 nitrogen and oxygen atoms in total. The van der Waals surface area contributed by atoms with Gasteiger partial charge < -0.3 is 4.74 Å². The molecule has 2 aromatic carbocycles. The Morgan fingerprint density at radius 3 is 2.20 bits per heavy atom. The molecular formula is C23H27NO5S. The zero-order valence-corrected chi connectivity index (χ0v) is 18.4. The standard InChI is InChI=1S/C23H27NO5S/c1-16-13-17(2)22(18(3)14-16)20(25)15-29-23(26)19-9-5-6-10-21(19)30(27,28)24-11-7-4-8-12-24/h5-6,9-10,13-14H,4,7-8,11-12,15H2,1-3H3. The Morgan fingerprint density at radius 1 is 0.967 bits per heavy atom. The Morgan fingerprint density at radius 2 is 1.57 bits per heavy atom. The number of nitrogens with zero attached hydrogens (tertiary/aromatic N) is 1. The smallest absolute Gasteiger partial charge is 0.339 e. The summed E-state index contributed by atoms with van der Waals surface area (Å²) in [6.45, 7) is 6.08. The predicted molar refractivity (Wildman–Crippen MR) is 114 cm³/mol. The zero-order chi connectivity index (χ0) is 21.9. The van der Waals surface area contributed by atoms with Gasteiger partial charge in [0, 0.05) is 18.7 Å². The number of piperidine rings is 1. The lowest BCUT2D eigenvalue weighted by atomic mass is 9.97. The molecule has 0 amide bonds. The summed E-state index contributed by atoms with van der Waals surface area (Å²) in [5.41, 5.74) is 3.18. The van der Waals surface area contributed by atoms with Crippen molar-refractivity contribution in [1.82, 2.24) is 4.31 Å². The van der Waals surface area contributed by atoms with Gasteiger partial charge in [0.15, 0.2) is 6.61 Å². The molecule has 3 rings (SSSR count). The summed E-state index contributed by atoms with van der Waals surface area (Å²) < 4.78 is 32.7. The van der Waals surface area contributed by atoms with Gasteiger partial charge in [-0.2, -0.15) is 4.31 Å². The molecule has 1 heterocycles. The van der Waals surface area contributed by atoms with Crippen LogP contribution in [-0.2, 0) is 14.8 Å².